The zero-order chi connectivity index (χ0) is 19.7. The fourth-order valence-corrected chi connectivity index (χ4v) is 2.64. The van der Waals surface area contributed by atoms with Crippen LogP contribution in [0.25, 0.3) is 11.2 Å². The summed E-state index contributed by atoms with van der Waals surface area (Å²) < 4.78 is 44.2. The Balaban J connectivity index is 1.63. The number of nitrogens with one attached hydrogen (secondary N) is 2. The maximum atomic E-state index is 14.1. The van der Waals surface area contributed by atoms with Crippen molar-refractivity contribution in [1.82, 2.24) is 34.9 Å². The standard InChI is InChI=1S/C16H13F3N8O/c1-8(14-9(17)3-2-4-20-14)27-15-10(6-22-27)21-7-12(24-15)23-11-5-13(26-25-11)28-16(18)19/h2-8,16H,1H3,(H2,23,24,25,26)/t8-/m0/s1. The summed E-state index contributed by atoms with van der Waals surface area (Å²) in [7, 11) is 0. The van der Waals surface area contributed by atoms with Gasteiger partial charge in [0.25, 0.3) is 0 Å². The lowest BCUT2D eigenvalue weighted by atomic mass is 10.2. The molecular formula is C16H13F3N8O. The van der Waals surface area contributed by atoms with Crippen LogP contribution in [0.5, 0.6) is 5.88 Å². The first-order valence-electron chi connectivity index (χ1n) is 8.09. The highest BCUT2D eigenvalue weighted by Gasteiger charge is 2.19. The highest BCUT2D eigenvalue weighted by Crippen LogP contribution is 2.24. The summed E-state index contributed by atoms with van der Waals surface area (Å²) in [5.74, 6) is -0.143. The third-order valence-corrected chi connectivity index (χ3v) is 3.88. The van der Waals surface area contributed by atoms with Crippen molar-refractivity contribution >= 4 is 22.8 Å². The molecule has 1 atom stereocenters. The Morgan fingerprint density at radius 1 is 1.25 bits per heavy atom. The van der Waals surface area contributed by atoms with Gasteiger partial charge in [0.1, 0.15) is 22.8 Å². The molecule has 9 nitrogen and oxygen atoms in total. The molecule has 2 N–H and O–H groups in total. The molecule has 0 aliphatic carbocycles. The molecule has 0 unspecified atom stereocenters. The molecule has 4 aromatic heterocycles. The first kappa shape index (κ1) is 17.7. The summed E-state index contributed by atoms with van der Waals surface area (Å²) in [6, 6.07) is 3.55. The number of aromatic amines is 1. The molecule has 0 radical (unpaired) electrons. The molecule has 4 aromatic rings. The first-order chi connectivity index (χ1) is 13.5. The maximum absolute atomic E-state index is 14.1. The summed E-state index contributed by atoms with van der Waals surface area (Å²) in [5, 5.41) is 13.2. The van der Waals surface area contributed by atoms with Crippen LogP contribution in [0.2, 0.25) is 0 Å². The fourth-order valence-electron chi connectivity index (χ4n) is 2.64. The van der Waals surface area contributed by atoms with E-state index in [-0.39, 0.29) is 17.4 Å². The van der Waals surface area contributed by atoms with Gasteiger partial charge in [-0.25, -0.2) is 19.0 Å². The van der Waals surface area contributed by atoms with Gasteiger partial charge in [-0.05, 0) is 19.1 Å². The molecule has 0 spiro atoms. The Hall–Kier alpha value is -3.70. The Kier molecular flexibility index (Phi) is 4.51. The summed E-state index contributed by atoms with van der Waals surface area (Å²) in [5.41, 5.74) is 1.11. The fraction of sp³-hybridized carbons (Fsp3) is 0.188. The number of rotatable bonds is 6. The van der Waals surface area contributed by atoms with Crippen molar-refractivity contribution in [3.63, 3.8) is 0 Å². The summed E-state index contributed by atoms with van der Waals surface area (Å²) >= 11 is 0. The average molecular weight is 390 g/mol. The van der Waals surface area contributed by atoms with Gasteiger partial charge < -0.3 is 10.1 Å². The van der Waals surface area contributed by atoms with Crippen molar-refractivity contribution in [3.05, 3.63) is 48.3 Å². The Morgan fingerprint density at radius 3 is 2.89 bits per heavy atom. The van der Waals surface area contributed by atoms with Gasteiger partial charge in [0, 0.05) is 12.3 Å². The van der Waals surface area contributed by atoms with Gasteiger partial charge in [-0.2, -0.15) is 13.9 Å². The van der Waals surface area contributed by atoms with Gasteiger partial charge in [-0.1, -0.05) is 0 Å². The van der Waals surface area contributed by atoms with Gasteiger partial charge in [-0.15, -0.1) is 5.10 Å². The summed E-state index contributed by atoms with van der Waals surface area (Å²) in [6.45, 7) is -1.24. The topological polar surface area (TPSA) is 106 Å². The van der Waals surface area contributed by atoms with Crippen LogP contribution in [0.3, 0.4) is 0 Å². The molecule has 4 rings (SSSR count). The Bertz CT molecular complexity index is 1110. The second kappa shape index (κ2) is 7.13. The van der Waals surface area contributed by atoms with Crippen LogP contribution < -0.4 is 10.1 Å². The quantitative estimate of drug-likeness (QED) is 0.521. The van der Waals surface area contributed by atoms with E-state index in [4.69, 9.17) is 0 Å². The molecule has 0 aromatic carbocycles. The minimum atomic E-state index is -2.98. The van der Waals surface area contributed by atoms with Crippen LogP contribution in [0.15, 0.2) is 36.8 Å². The van der Waals surface area contributed by atoms with E-state index in [9.17, 15) is 13.2 Å². The minimum Gasteiger partial charge on any atom is -0.415 e. The molecule has 0 amide bonds. The second-order valence-corrected chi connectivity index (χ2v) is 5.72. The third kappa shape index (κ3) is 3.43. The van der Waals surface area contributed by atoms with Gasteiger partial charge in [0.2, 0.25) is 5.88 Å². The summed E-state index contributed by atoms with van der Waals surface area (Å²) in [6.07, 6.45) is 4.44. The molecule has 0 aliphatic heterocycles. The normalized spacial score (nSPS) is 12.5. The largest absolute Gasteiger partial charge is 0.415 e. The van der Waals surface area contributed by atoms with E-state index >= 15 is 0 Å². The number of anilines is 2. The highest BCUT2D eigenvalue weighted by atomic mass is 19.3. The molecular weight excluding hydrogens is 377 g/mol. The van der Waals surface area contributed by atoms with Crippen molar-refractivity contribution in [3.8, 4) is 5.88 Å². The predicted molar refractivity (Wildman–Crippen MR) is 91.8 cm³/mol. The predicted octanol–water partition coefficient (Wildman–Crippen LogP) is 3.04. The molecule has 4 heterocycles. The number of hydrogen-bond donors (Lipinski definition) is 2. The Morgan fingerprint density at radius 2 is 2.11 bits per heavy atom. The van der Waals surface area contributed by atoms with Crippen LogP contribution >= 0.6 is 0 Å². The first-order valence-corrected chi connectivity index (χ1v) is 8.09. The number of hydrogen-bond acceptors (Lipinski definition) is 7. The van der Waals surface area contributed by atoms with Crippen molar-refractivity contribution in [2.75, 3.05) is 5.32 Å². The number of H-pyrrole nitrogens is 1. The van der Waals surface area contributed by atoms with Crippen molar-refractivity contribution in [1.29, 1.82) is 0 Å². The van der Waals surface area contributed by atoms with Gasteiger partial charge in [0.05, 0.1) is 18.4 Å². The van der Waals surface area contributed by atoms with E-state index in [1.54, 1.807) is 6.92 Å². The average Bonchev–Trinajstić information content (AvgIpc) is 3.27. The third-order valence-electron chi connectivity index (χ3n) is 3.88. The Labute approximate surface area is 155 Å². The van der Waals surface area contributed by atoms with Crippen LogP contribution in [0, 0.1) is 5.82 Å². The van der Waals surface area contributed by atoms with Crippen molar-refractivity contribution < 1.29 is 17.9 Å². The van der Waals surface area contributed by atoms with Crippen LogP contribution in [-0.4, -0.2) is 41.5 Å². The number of fused-ring (bicyclic) bond motifs is 1. The lowest BCUT2D eigenvalue weighted by Crippen LogP contribution is -2.12. The molecule has 12 heteroatoms. The lowest BCUT2D eigenvalue weighted by molar-refractivity contribution is -0.0528. The van der Waals surface area contributed by atoms with Gasteiger partial charge in [-0.3, -0.25) is 10.1 Å². The molecule has 144 valence electrons. The smallest absolute Gasteiger partial charge is 0.388 e. The SMILES string of the molecule is C[C@@H](c1ncccc1F)n1ncc2ncc(Nc3cc(OC(F)F)n[nH]3)nc21. The van der Waals surface area contributed by atoms with Crippen LogP contribution in [0.1, 0.15) is 18.7 Å². The monoisotopic (exact) mass is 390 g/mol. The van der Waals surface area contributed by atoms with E-state index in [1.807, 2.05) is 0 Å². The molecule has 28 heavy (non-hydrogen) atoms. The molecule has 0 saturated heterocycles. The molecule has 0 aliphatic rings. The van der Waals surface area contributed by atoms with E-state index < -0.39 is 18.5 Å². The number of pyridine rings is 1. The van der Waals surface area contributed by atoms with E-state index in [0.717, 1.165) is 0 Å². The second-order valence-electron chi connectivity index (χ2n) is 5.72. The number of alkyl halides is 2. The molecule has 0 saturated carbocycles. The lowest BCUT2D eigenvalue weighted by Gasteiger charge is -2.13. The zero-order valence-electron chi connectivity index (χ0n) is 14.3. The van der Waals surface area contributed by atoms with E-state index in [2.05, 4.69) is 40.3 Å². The molecule has 0 bridgehead atoms. The van der Waals surface area contributed by atoms with E-state index in [0.29, 0.717) is 17.0 Å². The number of halogens is 3. The number of ether oxygens (including phenoxy) is 1. The number of aromatic nitrogens is 7. The van der Waals surface area contributed by atoms with Crippen LogP contribution in [-0.2, 0) is 0 Å². The number of nitrogens with zero attached hydrogens (tertiary/aromatic N) is 6. The summed E-state index contributed by atoms with van der Waals surface area (Å²) in [4.78, 5) is 12.7. The molecule has 0 fully saturated rings. The van der Waals surface area contributed by atoms with Crippen LogP contribution in [0.4, 0.5) is 24.8 Å². The minimum absolute atomic E-state index is 0.218. The van der Waals surface area contributed by atoms with E-state index in [1.165, 1.54) is 41.5 Å². The zero-order valence-corrected chi connectivity index (χ0v) is 14.3. The van der Waals surface area contributed by atoms with Gasteiger partial charge in [0.15, 0.2) is 11.5 Å². The van der Waals surface area contributed by atoms with Crippen molar-refractivity contribution in [2.24, 2.45) is 0 Å². The van der Waals surface area contributed by atoms with Gasteiger partial charge >= 0.3 is 6.61 Å². The highest BCUT2D eigenvalue weighted by molar-refractivity contribution is 5.72. The maximum Gasteiger partial charge on any atom is 0.388 e. The van der Waals surface area contributed by atoms with Crippen molar-refractivity contribution in [2.45, 2.75) is 19.6 Å².